The van der Waals surface area contributed by atoms with Gasteiger partial charge in [-0.05, 0) is 5.56 Å². The topological polar surface area (TPSA) is 71.7 Å². The third-order valence-corrected chi connectivity index (χ3v) is 4.66. The highest BCUT2D eigenvalue weighted by Gasteiger charge is 2.25. The maximum Gasteiger partial charge on any atom is 0.229 e. The molecular weight excluding hydrogens is 344 g/mol. The Balaban J connectivity index is 1.48. The normalized spacial score (nSPS) is 18.0. The smallest absolute Gasteiger partial charge is 0.229 e. The van der Waals surface area contributed by atoms with Crippen LogP contribution in [0.3, 0.4) is 0 Å². The fourth-order valence-corrected chi connectivity index (χ4v) is 3.11. The molecule has 27 heavy (non-hydrogen) atoms. The Labute approximate surface area is 160 Å². The van der Waals surface area contributed by atoms with Crippen LogP contribution in [0.5, 0.6) is 0 Å². The van der Waals surface area contributed by atoms with Gasteiger partial charge in [0.1, 0.15) is 0 Å². The average molecular weight is 372 g/mol. The Morgan fingerprint density at radius 3 is 2.81 bits per heavy atom. The van der Waals surface area contributed by atoms with Gasteiger partial charge in [0.2, 0.25) is 11.8 Å². The molecule has 1 atom stereocenters. The maximum absolute atomic E-state index is 12.6. The summed E-state index contributed by atoms with van der Waals surface area (Å²) in [4.78, 5) is 20.9. The van der Waals surface area contributed by atoms with E-state index in [2.05, 4.69) is 27.2 Å². The van der Waals surface area contributed by atoms with Crippen molar-refractivity contribution < 1.29 is 14.1 Å². The van der Waals surface area contributed by atoms with E-state index in [1.54, 1.807) is 11.9 Å². The van der Waals surface area contributed by atoms with Crippen LogP contribution in [0.1, 0.15) is 43.5 Å². The van der Waals surface area contributed by atoms with Gasteiger partial charge in [0, 0.05) is 32.6 Å². The highest BCUT2D eigenvalue weighted by Crippen LogP contribution is 2.15. The molecule has 7 nitrogen and oxygen atoms in total. The van der Waals surface area contributed by atoms with E-state index < -0.39 is 0 Å². The van der Waals surface area contributed by atoms with Crippen molar-refractivity contribution in [2.24, 2.45) is 0 Å². The Bertz CT molecular complexity index is 732. The van der Waals surface area contributed by atoms with Crippen LogP contribution >= 0.6 is 0 Å². The second-order valence-corrected chi connectivity index (χ2v) is 7.37. The number of rotatable bonds is 7. The predicted octanol–water partition coefficient (Wildman–Crippen LogP) is 2.44. The number of aromatic nitrogens is 2. The SMILES string of the molecule is CC(C)c1nc(CN(C)C(=O)CC2CN(Cc3ccccc3)CCO2)no1. The van der Waals surface area contributed by atoms with Gasteiger partial charge >= 0.3 is 0 Å². The van der Waals surface area contributed by atoms with Gasteiger partial charge in [-0.2, -0.15) is 4.98 Å². The van der Waals surface area contributed by atoms with E-state index in [1.165, 1.54) is 5.56 Å². The van der Waals surface area contributed by atoms with Gasteiger partial charge in [0.25, 0.3) is 0 Å². The number of hydrogen-bond donors (Lipinski definition) is 0. The molecule has 0 aliphatic carbocycles. The zero-order valence-electron chi connectivity index (χ0n) is 16.3. The van der Waals surface area contributed by atoms with Crippen molar-refractivity contribution in [1.29, 1.82) is 0 Å². The fourth-order valence-electron chi connectivity index (χ4n) is 3.11. The van der Waals surface area contributed by atoms with Gasteiger partial charge in [-0.15, -0.1) is 0 Å². The lowest BCUT2D eigenvalue weighted by molar-refractivity contribution is -0.135. The highest BCUT2D eigenvalue weighted by atomic mass is 16.5. The second kappa shape index (κ2) is 9.10. The molecule has 1 amide bonds. The number of morpholine rings is 1. The summed E-state index contributed by atoms with van der Waals surface area (Å²) < 4.78 is 11.0. The zero-order chi connectivity index (χ0) is 19.2. The Kier molecular flexibility index (Phi) is 6.58. The van der Waals surface area contributed by atoms with E-state index in [0.29, 0.717) is 31.3 Å². The third-order valence-electron chi connectivity index (χ3n) is 4.66. The molecule has 3 rings (SSSR count). The van der Waals surface area contributed by atoms with Crippen LogP contribution in [0.25, 0.3) is 0 Å². The van der Waals surface area contributed by atoms with Crippen molar-refractivity contribution in [2.75, 3.05) is 26.7 Å². The lowest BCUT2D eigenvalue weighted by Gasteiger charge is -2.33. The highest BCUT2D eigenvalue weighted by molar-refractivity contribution is 5.76. The van der Waals surface area contributed by atoms with Gasteiger partial charge in [0.15, 0.2) is 5.82 Å². The van der Waals surface area contributed by atoms with E-state index in [-0.39, 0.29) is 17.9 Å². The van der Waals surface area contributed by atoms with Crippen LogP contribution in [0.2, 0.25) is 0 Å². The number of hydrogen-bond acceptors (Lipinski definition) is 6. The van der Waals surface area contributed by atoms with Crippen molar-refractivity contribution in [3.63, 3.8) is 0 Å². The number of nitrogens with zero attached hydrogens (tertiary/aromatic N) is 4. The molecule has 0 bridgehead atoms. The molecule has 1 aromatic heterocycles. The summed E-state index contributed by atoms with van der Waals surface area (Å²) in [6, 6.07) is 10.4. The molecule has 0 spiro atoms. The van der Waals surface area contributed by atoms with Crippen LogP contribution in [-0.4, -0.2) is 58.7 Å². The third kappa shape index (κ3) is 5.61. The Morgan fingerprint density at radius 2 is 2.11 bits per heavy atom. The molecule has 0 radical (unpaired) electrons. The van der Waals surface area contributed by atoms with Crippen LogP contribution < -0.4 is 0 Å². The summed E-state index contributed by atoms with van der Waals surface area (Å²) in [6.45, 7) is 7.50. The molecular formula is C20H28N4O3. The van der Waals surface area contributed by atoms with Crippen molar-refractivity contribution in [3.05, 3.63) is 47.6 Å². The molecule has 2 aromatic rings. The van der Waals surface area contributed by atoms with Gasteiger partial charge in [-0.25, -0.2) is 0 Å². The molecule has 0 N–H and O–H groups in total. The zero-order valence-corrected chi connectivity index (χ0v) is 16.3. The monoisotopic (exact) mass is 372 g/mol. The van der Waals surface area contributed by atoms with Crippen LogP contribution in [-0.2, 0) is 22.6 Å². The van der Waals surface area contributed by atoms with Gasteiger partial charge in [0.05, 0.1) is 25.7 Å². The van der Waals surface area contributed by atoms with Gasteiger partial charge in [-0.1, -0.05) is 49.3 Å². The molecule has 1 aromatic carbocycles. The van der Waals surface area contributed by atoms with E-state index in [4.69, 9.17) is 9.26 Å². The molecule has 1 unspecified atom stereocenters. The minimum absolute atomic E-state index is 0.0254. The molecule has 1 aliphatic heterocycles. The van der Waals surface area contributed by atoms with E-state index in [0.717, 1.165) is 19.6 Å². The minimum Gasteiger partial charge on any atom is -0.375 e. The molecule has 146 valence electrons. The summed E-state index contributed by atoms with van der Waals surface area (Å²) in [7, 11) is 1.76. The predicted molar refractivity (Wildman–Crippen MR) is 101 cm³/mol. The maximum atomic E-state index is 12.6. The van der Waals surface area contributed by atoms with E-state index in [1.807, 2.05) is 32.0 Å². The van der Waals surface area contributed by atoms with Crippen molar-refractivity contribution >= 4 is 5.91 Å². The lowest BCUT2D eigenvalue weighted by atomic mass is 10.1. The molecule has 0 saturated carbocycles. The summed E-state index contributed by atoms with van der Waals surface area (Å²) in [6.07, 6.45) is 0.269. The molecule has 1 fully saturated rings. The number of carbonyl (C=O) groups is 1. The van der Waals surface area contributed by atoms with Crippen molar-refractivity contribution in [2.45, 2.75) is 45.4 Å². The van der Waals surface area contributed by atoms with Crippen molar-refractivity contribution in [3.8, 4) is 0 Å². The summed E-state index contributed by atoms with van der Waals surface area (Å²) in [5.74, 6) is 1.33. The molecule has 1 aliphatic rings. The summed E-state index contributed by atoms with van der Waals surface area (Å²) >= 11 is 0. The molecule has 2 heterocycles. The molecule has 1 saturated heterocycles. The fraction of sp³-hybridized carbons (Fsp3) is 0.550. The average Bonchev–Trinajstić information content (AvgIpc) is 3.11. The standard InChI is InChI=1S/C20H28N4O3/c1-15(2)20-21-18(22-27-20)14-23(3)19(25)11-17-13-24(9-10-26-17)12-16-7-5-4-6-8-16/h4-8,15,17H,9-14H2,1-3H3. The Hall–Kier alpha value is -2.25. The van der Waals surface area contributed by atoms with Crippen LogP contribution in [0.15, 0.2) is 34.9 Å². The first-order valence-electron chi connectivity index (χ1n) is 9.45. The van der Waals surface area contributed by atoms with Crippen molar-refractivity contribution in [1.82, 2.24) is 19.9 Å². The quantitative estimate of drug-likeness (QED) is 0.743. The van der Waals surface area contributed by atoms with Crippen LogP contribution in [0.4, 0.5) is 0 Å². The van der Waals surface area contributed by atoms with Gasteiger partial charge in [-0.3, -0.25) is 9.69 Å². The number of carbonyl (C=O) groups excluding carboxylic acids is 1. The molecule has 7 heteroatoms. The lowest BCUT2D eigenvalue weighted by Crippen LogP contribution is -2.44. The number of amides is 1. The number of ether oxygens (including phenoxy) is 1. The largest absolute Gasteiger partial charge is 0.375 e. The summed E-state index contributed by atoms with van der Waals surface area (Å²) in [5, 5.41) is 3.95. The minimum atomic E-state index is -0.0890. The van der Waals surface area contributed by atoms with Gasteiger partial charge < -0.3 is 14.2 Å². The van der Waals surface area contributed by atoms with E-state index >= 15 is 0 Å². The number of benzene rings is 1. The van der Waals surface area contributed by atoms with Crippen LogP contribution in [0, 0.1) is 0 Å². The first-order valence-corrected chi connectivity index (χ1v) is 9.45. The first kappa shape index (κ1) is 19.5. The first-order chi connectivity index (χ1) is 13.0. The van der Waals surface area contributed by atoms with E-state index in [9.17, 15) is 4.79 Å². The summed E-state index contributed by atoms with van der Waals surface area (Å²) in [5.41, 5.74) is 1.28. The Morgan fingerprint density at radius 1 is 1.33 bits per heavy atom. The second-order valence-electron chi connectivity index (χ2n) is 7.37.